The van der Waals surface area contributed by atoms with E-state index in [9.17, 15) is 0 Å². The van der Waals surface area contributed by atoms with E-state index >= 15 is 0 Å². The Morgan fingerprint density at radius 3 is 0.667 bits per heavy atom. The lowest BCUT2D eigenvalue weighted by Gasteiger charge is -2.04. The fourth-order valence-corrected chi connectivity index (χ4v) is 6.43. The number of hydrogen-bond acceptors (Lipinski definition) is 0. The summed E-state index contributed by atoms with van der Waals surface area (Å²) < 4.78 is 0. The fourth-order valence-electron chi connectivity index (χ4n) is 6.43. The van der Waals surface area contributed by atoms with Crippen molar-refractivity contribution in [1.29, 1.82) is 0 Å². The zero-order valence-corrected chi connectivity index (χ0v) is 29.6. The van der Waals surface area contributed by atoms with Gasteiger partial charge < -0.3 is 0 Å². The van der Waals surface area contributed by atoms with E-state index in [1.165, 1.54) is 238 Å². The SMILES string of the molecule is C=CCCCCCCCCCCCCCCCCCCC=CCCCCCCCCCCCCCCCCCCCC. The van der Waals surface area contributed by atoms with Crippen LogP contribution in [0.25, 0.3) is 0 Å². The van der Waals surface area contributed by atoms with Crippen LogP contribution in [0.2, 0.25) is 0 Å². The Balaban J connectivity index is 3.08. The summed E-state index contributed by atoms with van der Waals surface area (Å²) in [4.78, 5) is 0. The molecule has 42 heavy (non-hydrogen) atoms. The first-order valence-corrected chi connectivity index (χ1v) is 20.2. The van der Waals surface area contributed by atoms with Crippen molar-refractivity contribution >= 4 is 0 Å². The molecule has 0 aliphatic carbocycles. The maximum absolute atomic E-state index is 3.80. The van der Waals surface area contributed by atoms with E-state index in [1.807, 2.05) is 0 Å². The van der Waals surface area contributed by atoms with Crippen LogP contribution in [0.3, 0.4) is 0 Å². The molecule has 0 unspecified atom stereocenters. The van der Waals surface area contributed by atoms with E-state index in [-0.39, 0.29) is 0 Å². The molecule has 0 radical (unpaired) electrons. The Hall–Kier alpha value is -0.520. The summed E-state index contributed by atoms with van der Waals surface area (Å²) in [6.07, 6.45) is 60.4. The molecule has 0 heterocycles. The van der Waals surface area contributed by atoms with Gasteiger partial charge in [-0.3, -0.25) is 0 Å². The van der Waals surface area contributed by atoms with Crippen LogP contribution in [-0.4, -0.2) is 0 Å². The van der Waals surface area contributed by atoms with Crippen molar-refractivity contribution < 1.29 is 0 Å². The topological polar surface area (TPSA) is 0 Å². The summed E-state index contributed by atoms with van der Waals surface area (Å²) in [6, 6.07) is 0. The highest BCUT2D eigenvalue weighted by Gasteiger charge is 1.96. The van der Waals surface area contributed by atoms with Crippen LogP contribution < -0.4 is 0 Å². The molecule has 0 bridgehead atoms. The third-order valence-corrected chi connectivity index (χ3v) is 9.42. The standard InChI is InChI=1S/C42H82/c1-3-5-7-9-11-13-15-17-19-21-23-25-27-29-31-33-35-37-39-41-42-40-38-36-34-32-30-28-26-24-22-20-18-16-14-12-10-8-6-4-2/h3,41-42H,1,4-40H2,2H3. The van der Waals surface area contributed by atoms with Crippen LogP contribution in [0.5, 0.6) is 0 Å². The van der Waals surface area contributed by atoms with Gasteiger partial charge in [0, 0.05) is 0 Å². The fraction of sp³-hybridized carbons (Fsp3) is 0.905. The molecule has 0 aromatic heterocycles. The van der Waals surface area contributed by atoms with E-state index < -0.39 is 0 Å². The van der Waals surface area contributed by atoms with Crippen molar-refractivity contribution in [3.05, 3.63) is 24.8 Å². The summed E-state index contributed by atoms with van der Waals surface area (Å²) in [5, 5.41) is 0. The smallest absolute Gasteiger partial charge is 0.0351 e. The van der Waals surface area contributed by atoms with Gasteiger partial charge in [-0.25, -0.2) is 0 Å². The minimum atomic E-state index is 1.21. The first kappa shape index (κ1) is 41.5. The molecular formula is C42H82. The minimum Gasteiger partial charge on any atom is -0.103 e. The second-order valence-corrected chi connectivity index (χ2v) is 13.8. The Labute approximate surface area is 268 Å². The molecular weight excluding hydrogens is 504 g/mol. The van der Waals surface area contributed by atoms with Crippen LogP contribution >= 0.6 is 0 Å². The molecule has 0 nitrogen and oxygen atoms in total. The monoisotopic (exact) mass is 587 g/mol. The van der Waals surface area contributed by atoms with Gasteiger partial charge in [0.2, 0.25) is 0 Å². The summed E-state index contributed by atoms with van der Waals surface area (Å²) in [5.41, 5.74) is 0. The van der Waals surface area contributed by atoms with Crippen molar-refractivity contribution in [2.45, 2.75) is 244 Å². The van der Waals surface area contributed by atoms with Gasteiger partial charge in [-0.15, -0.1) is 6.58 Å². The van der Waals surface area contributed by atoms with Crippen LogP contribution in [0.1, 0.15) is 244 Å². The van der Waals surface area contributed by atoms with Gasteiger partial charge in [-0.05, 0) is 38.5 Å². The maximum atomic E-state index is 3.80. The Bertz CT molecular complexity index is 488. The molecule has 0 rings (SSSR count). The molecule has 0 aromatic carbocycles. The quantitative estimate of drug-likeness (QED) is 0.0498. The van der Waals surface area contributed by atoms with Crippen LogP contribution in [0, 0.1) is 0 Å². The molecule has 0 saturated carbocycles. The first-order chi connectivity index (χ1) is 20.9. The molecule has 0 saturated heterocycles. The van der Waals surface area contributed by atoms with Gasteiger partial charge in [0.1, 0.15) is 0 Å². The summed E-state index contributed by atoms with van der Waals surface area (Å²) >= 11 is 0. The molecule has 0 amide bonds. The molecule has 0 atom stereocenters. The number of hydrogen-bond donors (Lipinski definition) is 0. The predicted octanol–water partition coefficient (Wildman–Crippen LogP) is 16.2. The molecule has 0 fully saturated rings. The Morgan fingerprint density at radius 1 is 0.262 bits per heavy atom. The average molecular weight is 587 g/mol. The molecule has 0 spiro atoms. The summed E-state index contributed by atoms with van der Waals surface area (Å²) in [5.74, 6) is 0. The van der Waals surface area contributed by atoms with Gasteiger partial charge in [0.15, 0.2) is 0 Å². The summed E-state index contributed by atoms with van der Waals surface area (Å²) in [6.45, 7) is 6.11. The molecule has 0 aliphatic heterocycles. The van der Waals surface area contributed by atoms with Gasteiger partial charge in [-0.1, -0.05) is 224 Å². The van der Waals surface area contributed by atoms with E-state index in [2.05, 4.69) is 31.7 Å². The largest absolute Gasteiger partial charge is 0.103 e. The Morgan fingerprint density at radius 2 is 0.452 bits per heavy atom. The van der Waals surface area contributed by atoms with Gasteiger partial charge in [-0.2, -0.15) is 0 Å². The second-order valence-electron chi connectivity index (χ2n) is 13.8. The van der Waals surface area contributed by atoms with Gasteiger partial charge in [0.05, 0.1) is 0 Å². The lowest BCUT2D eigenvalue weighted by Crippen LogP contribution is -1.84. The molecule has 0 N–H and O–H groups in total. The zero-order valence-electron chi connectivity index (χ0n) is 29.6. The predicted molar refractivity (Wildman–Crippen MR) is 196 cm³/mol. The van der Waals surface area contributed by atoms with Gasteiger partial charge in [0.25, 0.3) is 0 Å². The second kappa shape index (κ2) is 40.5. The van der Waals surface area contributed by atoms with Crippen molar-refractivity contribution in [1.82, 2.24) is 0 Å². The molecule has 0 aliphatic rings. The van der Waals surface area contributed by atoms with Crippen molar-refractivity contribution in [2.24, 2.45) is 0 Å². The van der Waals surface area contributed by atoms with Crippen molar-refractivity contribution in [2.75, 3.05) is 0 Å². The number of rotatable bonds is 38. The molecule has 0 heteroatoms. The maximum Gasteiger partial charge on any atom is -0.0351 e. The highest BCUT2D eigenvalue weighted by molar-refractivity contribution is 4.81. The Kier molecular flexibility index (Phi) is 40.0. The third-order valence-electron chi connectivity index (χ3n) is 9.42. The highest BCUT2D eigenvalue weighted by atomic mass is 14.0. The van der Waals surface area contributed by atoms with E-state index in [4.69, 9.17) is 0 Å². The zero-order chi connectivity index (χ0) is 30.3. The molecule has 250 valence electrons. The highest BCUT2D eigenvalue weighted by Crippen LogP contribution is 2.16. The molecule has 0 aromatic rings. The summed E-state index contributed by atoms with van der Waals surface area (Å²) in [7, 11) is 0. The van der Waals surface area contributed by atoms with E-state index in [0.717, 1.165) is 0 Å². The lowest BCUT2D eigenvalue weighted by molar-refractivity contribution is 0.525. The number of allylic oxidation sites excluding steroid dienone is 3. The van der Waals surface area contributed by atoms with Crippen LogP contribution in [0.4, 0.5) is 0 Å². The van der Waals surface area contributed by atoms with E-state index in [0.29, 0.717) is 0 Å². The van der Waals surface area contributed by atoms with Crippen molar-refractivity contribution in [3.63, 3.8) is 0 Å². The normalized spacial score (nSPS) is 11.6. The number of unbranched alkanes of at least 4 members (excludes halogenated alkanes) is 35. The van der Waals surface area contributed by atoms with E-state index in [1.54, 1.807) is 0 Å². The minimum absolute atomic E-state index is 1.21. The van der Waals surface area contributed by atoms with Crippen molar-refractivity contribution in [3.8, 4) is 0 Å². The first-order valence-electron chi connectivity index (χ1n) is 20.2. The van der Waals surface area contributed by atoms with Crippen LogP contribution in [0.15, 0.2) is 24.8 Å². The van der Waals surface area contributed by atoms with Gasteiger partial charge >= 0.3 is 0 Å². The van der Waals surface area contributed by atoms with Crippen LogP contribution in [-0.2, 0) is 0 Å². The third kappa shape index (κ3) is 39.5. The average Bonchev–Trinajstić information content (AvgIpc) is 3.00. The lowest BCUT2D eigenvalue weighted by atomic mass is 10.0.